The SMILES string of the molecule is C[C@H]1C[C@@H](Nc2cccc(-c3cnc4cnc(C(F)F)cn34)n2)CCN1. The predicted octanol–water partition coefficient (Wildman–Crippen LogP) is 3.28. The molecule has 0 bridgehead atoms. The lowest BCUT2D eigenvalue weighted by molar-refractivity contribution is 0.145. The van der Waals surface area contributed by atoms with Crippen LogP contribution in [-0.2, 0) is 0 Å². The molecular weight excluding hydrogens is 338 g/mol. The normalized spacial score (nSPS) is 20.6. The monoisotopic (exact) mass is 358 g/mol. The first-order chi connectivity index (χ1) is 12.6. The van der Waals surface area contributed by atoms with E-state index in [1.165, 1.54) is 12.4 Å². The van der Waals surface area contributed by atoms with Crippen LogP contribution in [0.15, 0.2) is 36.8 Å². The van der Waals surface area contributed by atoms with Gasteiger partial charge < -0.3 is 10.6 Å². The molecule has 136 valence electrons. The van der Waals surface area contributed by atoms with Crippen molar-refractivity contribution in [3.63, 3.8) is 0 Å². The number of fused-ring (bicyclic) bond motifs is 1. The second-order valence-electron chi connectivity index (χ2n) is 6.61. The van der Waals surface area contributed by atoms with E-state index in [0.717, 1.165) is 25.2 Å². The number of rotatable bonds is 4. The molecule has 3 aromatic rings. The van der Waals surface area contributed by atoms with Crippen LogP contribution in [0.1, 0.15) is 31.9 Å². The van der Waals surface area contributed by atoms with Crippen molar-refractivity contribution in [1.29, 1.82) is 0 Å². The molecule has 1 aliphatic rings. The smallest absolute Gasteiger partial charge is 0.281 e. The standard InChI is InChI=1S/C18H20F2N6/c1-11-7-12(5-6-21-11)24-16-4-2-3-13(25-16)15-8-23-17-9-22-14(18(19)20)10-26(15)17/h2-4,8-12,18,21H,5-7H2,1H3,(H,24,25)/t11-,12-/m0/s1. The number of piperidine rings is 1. The maximum atomic E-state index is 13.0. The second-order valence-corrected chi connectivity index (χ2v) is 6.61. The molecule has 3 aromatic heterocycles. The van der Waals surface area contributed by atoms with Gasteiger partial charge in [0.1, 0.15) is 11.5 Å². The Balaban J connectivity index is 1.64. The zero-order chi connectivity index (χ0) is 18.1. The van der Waals surface area contributed by atoms with Gasteiger partial charge in [0.15, 0.2) is 5.65 Å². The molecule has 2 N–H and O–H groups in total. The number of aromatic nitrogens is 4. The number of imidazole rings is 1. The minimum atomic E-state index is -2.63. The van der Waals surface area contributed by atoms with Gasteiger partial charge in [-0.1, -0.05) is 6.07 Å². The third-order valence-corrected chi connectivity index (χ3v) is 4.63. The summed E-state index contributed by atoms with van der Waals surface area (Å²) in [7, 11) is 0. The van der Waals surface area contributed by atoms with Crippen molar-refractivity contribution in [3.8, 4) is 11.4 Å². The maximum Gasteiger partial charge on any atom is 0.281 e. The van der Waals surface area contributed by atoms with E-state index in [2.05, 4.69) is 32.5 Å². The molecule has 6 nitrogen and oxygen atoms in total. The molecule has 2 atom stereocenters. The van der Waals surface area contributed by atoms with Crippen LogP contribution >= 0.6 is 0 Å². The summed E-state index contributed by atoms with van der Waals surface area (Å²) in [5, 5.41) is 6.90. The fourth-order valence-electron chi connectivity index (χ4n) is 3.34. The molecule has 8 heteroatoms. The Morgan fingerprint density at radius 2 is 2.15 bits per heavy atom. The molecule has 0 aliphatic carbocycles. The Labute approximate surface area is 149 Å². The number of nitrogens with zero attached hydrogens (tertiary/aromatic N) is 4. The number of anilines is 1. The quantitative estimate of drug-likeness (QED) is 0.749. The topological polar surface area (TPSA) is 67.1 Å². The number of alkyl halides is 2. The molecule has 1 fully saturated rings. The number of nitrogens with one attached hydrogen (secondary N) is 2. The molecule has 0 spiro atoms. The zero-order valence-electron chi connectivity index (χ0n) is 14.4. The lowest BCUT2D eigenvalue weighted by Gasteiger charge is -2.29. The maximum absolute atomic E-state index is 13.0. The van der Waals surface area contributed by atoms with Gasteiger partial charge in [0.05, 0.1) is 23.8 Å². The molecule has 1 aliphatic heterocycles. The predicted molar refractivity (Wildman–Crippen MR) is 95.3 cm³/mol. The zero-order valence-corrected chi connectivity index (χ0v) is 14.4. The fourth-order valence-corrected chi connectivity index (χ4v) is 3.34. The number of hydrogen-bond donors (Lipinski definition) is 2. The average Bonchev–Trinajstić information content (AvgIpc) is 3.05. The molecular formula is C18H20F2N6. The summed E-state index contributed by atoms with van der Waals surface area (Å²) >= 11 is 0. The summed E-state index contributed by atoms with van der Waals surface area (Å²) in [6, 6.07) is 6.52. The van der Waals surface area contributed by atoms with Gasteiger partial charge in [-0.2, -0.15) is 0 Å². The van der Waals surface area contributed by atoms with Crippen LogP contribution in [-0.4, -0.2) is 38.0 Å². The van der Waals surface area contributed by atoms with E-state index in [1.54, 1.807) is 10.6 Å². The van der Waals surface area contributed by atoms with Crippen LogP contribution in [0, 0.1) is 0 Å². The molecule has 26 heavy (non-hydrogen) atoms. The van der Waals surface area contributed by atoms with E-state index in [9.17, 15) is 8.78 Å². The van der Waals surface area contributed by atoms with Gasteiger partial charge in [0.25, 0.3) is 6.43 Å². The van der Waals surface area contributed by atoms with Crippen LogP contribution in [0.4, 0.5) is 14.6 Å². The molecule has 4 heterocycles. The summed E-state index contributed by atoms with van der Waals surface area (Å²) in [4.78, 5) is 12.6. The molecule has 0 aromatic carbocycles. The van der Waals surface area contributed by atoms with Crippen LogP contribution in [0.2, 0.25) is 0 Å². The van der Waals surface area contributed by atoms with Gasteiger partial charge in [0, 0.05) is 18.3 Å². The molecule has 0 saturated carbocycles. The van der Waals surface area contributed by atoms with Crippen LogP contribution in [0.25, 0.3) is 17.0 Å². The Bertz CT molecular complexity index is 910. The van der Waals surface area contributed by atoms with Crippen molar-refractivity contribution in [1.82, 2.24) is 24.7 Å². The molecule has 1 saturated heterocycles. The lowest BCUT2D eigenvalue weighted by Crippen LogP contribution is -2.41. The van der Waals surface area contributed by atoms with Crippen LogP contribution < -0.4 is 10.6 Å². The van der Waals surface area contributed by atoms with Gasteiger partial charge in [-0.15, -0.1) is 0 Å². The summed E-state index contributed by atoms with van der Waals surface area (Å²) in [5.41, 5.74) is 1.56. The van der Waals surface area contributed by atoms with Gasteiger partial charge in [0.2, 0.25) is 0 Å². The first-order valence-corrected chi connectivity index (χ1v) is 8.68. The fraction of sp³-hybridized carbons (Fsp3) is 0.389. The van der Waals surface area contributed by atoms with Crippen molar-refractivity contribution >= 4 is 11.5 Å². The van der Waals surface area contributed by atoms with Gasteiger partial charge in [-0.05, 0) is 38.4 Å². The highest BCUT2D eigenvalue weighted by Gasteiger charge is 2.19. The first-order valence-electron chi connectivity index (χ1n) is 8.68. The van der Waals surface area contributed by atoms with E-state index >= 15 is 0 Å². The van der Waals surface area contributed by atoms with E-state index in [0.29, 0.717) is 29.1 Å². The van der Waals surface area contributed by atoms with Gasteiger partial charge in [-0.3, -0.25) is 4.40 Å². The van der Waals surface area contributed by atoms with Crippen molar-refractivity contribution in [2.45, 2.75) is 38.3 Å². The van der Waals surface area contributed by atoms with Crippen molar-refractivity contribution in [3.05, 3.63) is 42.5 Å². The highest BCUT2D eigenvalue weighted by atomic mass is 19.3. The summed E-state index contributed by atoms with van der Waals surface area (Å²) in [5.74, 6) is 0.777. The van der Waals surface area contributed by atoms with Gasteiger partial charge >= 0.3 is 0 Å². The van der Waals surface area contributed by atoms with E-state index in [1.807, 2.05) is 18.2 Å². The first kappa shape index (κ1) is 16.8. The van der Waals surface area contributed by atoms with Crippen molar-refractivity contribution in [2.24, 2.45) is 0 Å². The number of pyridine rings is 1. The van der Waals surface area contributed by atoms with Gasteiger partial charge in [-0.25, -0.2) is 23.7 Å². The average molecular weight is 358 g/mol. The summed E-state index contributed by atoms with van der Waals surface area (Å²) < 4.78 is 27.5. The van der Waals surface area contributed by atoms with E-state index < -0.39 is 6.43 Å². The lowest BCUT2D eigenvalue weighted by atomic mass is 10.0. The molecule has 0 unspecified atom stereocenters. The number of halogens is 2. The Morgan fingerprint density at radius 3 is 2.96 bits per heavy atom. The minimum absolute atomic E-state index is 0.283. The second kappa shape index (κ2) is 6.95. The summed E-state index contributed by atoms with van der Waals surface area (Å²) in [6.45, 7) is 3.15. The molecule has 0 amide bonds. The number of hydrogen-bond acceptors (Lipinski definition) is 5. The van der Waals surface area contributed by atoms with Crippen molar-refractivity contribution in [2.75, 3.05) is 11.9 Å². The highest BCUT2D eigenvalue weighted by Crippen LogP contribution is 2.24. The van der Waals surface area contributed by atoms with E-state index in [4.69, 9.17) is 0 Å². The van der Waals surface area contributed by atoms with Crippen molar-refractivity contribution < 1.29 is 8.78 Å². The third-order valence-electron chi connectivity index (χ3n) is 4.63. The highest BCUT2D eigenvalue weighted by molar-refractivity contribution is 5.61. The minimum Gasteiger partial charge on any atom is -0.367 e. The Kier molecular flexibility index (Phi) is 4.50. The molecule has 4 rings (SSSR count). The molecule has 0 radical (unpaired) electrons. The van der Waals surface area contributed by atoms with Crippen LogP contribution in [0.5, 0.6) is 0 Å². The summed E-state index contributed by atoms with van der Waals surface area (Å²) in [6.07, 6.45) is 3.74. The van der Waals surface area contributed by atoms with Crippen LogP contribution in [0.3, 0.4) is 0 Å². The largest absolute Gasteiger partial charge is 0.367 e. The van der Waals surface area contributed by atoms with E-state index in [-0.39, 0.29) is 5.69 Å². The Hall–Kier alpha value is -2.61. The third kappa shape index (κ3) is 3.37. The Morgan fingerprint density at radius 1 is 1.27 bits per heavy atom.